The monoisotopic (exact) mass is 495 g/mol. The van der Waals surface area contributed by atoms with Crippen LogP contribution in [-0.4, -0.2) is 44.7 Å². The average Bonchev–Trinajstić information content (AvgIpc) is 3.44. The van der Waals surface area contributed by atoms with Gasteiger partial charge >= 0.3 is 0 Å². The molecule has 6 nitrogen and oxygen atoms in total. The van der Waals surface area contributed by atoms with E-state index in [-0.39, 0.29) is 30.7 Å². The topological polar surface area (TPSA) is 98.1 Å². The normalized spacial score (nSPS) is 23.7. The van der Waals surface area contributed by atoms with Crippen molar-refractivity contribution in [3.05, 3.63) is 68.9 Å². The van der Waals surface area contributed by atoms with E-state index < -0.39 is 23.9 Å². The molecule has 1 aromatic carbocycles. The van der Waals surface area contributed by atoms with Crippen LogP contribution >= 0.6 is 11.3 Å². The zero-order valence-corrected chi connectivity index (χ0v) is 21.0. The number of phenols is 1. The van der Waals surface area contributed by atoms with Crippen LogP contribution in [-0.2, 0) is 16.1 Å². The van der Waals surface area contributed by atoms with Gasteiger partial charge in [0, 0.05) is 10.8 Å². The number of likely N-dealkylation sites (tertiary alicyclic amines) is 1. The molecule has 1 saturated heterocycles. The van der Waals surface area contributed by atoms with Crippen LogP contribution in [0, 0.1) is 17.8 Å². The molecular formula is C28H33NO5S. The SMILES string of the molecule is CCC1=C([C@H](O)CC/C(C)=C/c2cccc(O)c2)[C@H](CO)[C@@H]2C(=O)N(Cc3cccs3)C(=O)[C@@H]2C1. The second kappa shape index (κ2) is 10.9. The molecule has 4 atom stereocenters. The third-order valence-electron chi connectivity index (χ3n) is 7.25. The highest BCUT2D eigenvalue weighted by Gasteiger charge is 2.54. The summed E-state index contributed by atoms with van der Waals surface area (Å²) in [6.45, 7) is 3.96. The highest BCUT2D eigenvalue weighted by atomic mass is 32.1. The van der Waals surface area contributed by atoms with Gasteiger partial charge in [-0.1, -0.05) is 42.3 Å². The van der Waals surface area contributed by atoms with E-state index in [2.05, 4.69) is 0 Å². The Morgan fingerprint density at radius 3 is 2.69 bits per heavy atom. The van der Waals surface area contributed by atoms with E-state index in [1.54, 1.807) is 18.2 Å². The number of amides is 2. The largest absolute Gasteiger partial charge is 0.508 e. The summed E-state index contributed by atoms with van der Waals surface area (Å²) in [4.78, 5) is 28.9. The van der Waals surface area contributed by atoms with Crippen molar-refractivity contribution in [3.63, 3.8) is 0 Å². The first-order valence-electron chi connectivity index (χ1n) is 12.2. The zero-order chi connectivity index (χ0) is 25.1. The summed E-state index contributed by atoms with van der Waals surface area (Å²) in [7, 11) is 0. The Bertz CT molecular complexity index is 1140. The van der Waals surface area contributed by atoms with Crippen LogP contribution < -0.4 is 0 Å². The number of thiophene rings is 1. The summed E-state index contributed by atoms with van der Waals surface area (Å²) in [5.74, 6) is -1.87. The first-order chi connectivity index (χ1) is 16.8. The van der Waals surface area contributed by atoms with E-state index >= 15 is 0 Å². The summed E-state index contributed by atoms with van der Waals surface area (Å²) < 4.78 is 0. The molecule has 2 amide bonds. The van der Waals surface area contributed by atoms with Gasteiger partial charge in [-0.25, -0.2) is 0 Å². The first kappa shape index (κ1) is 25.4. The summed E-state index contributed by atoms with van der Waals surface area (Å²) in [6, 6.07) is 10.8. The Kier molecular flexibility index (Phi) is 7.89. The average molecular weight is 496 g/mol. The maximum Gasteiger partial charge on any atom is 0.234 e. The Hall–Kier alpha value is -2.74. The van der Waals surface area contributed by atoms with Crippen molar-refractivity contribution in [3.8, 4) is 5.75 Å². The van der Waals surface area contributed by atoms with Gasteiger partial charge in [0.05, 0.1) is 31.1 Å². The molecule has 0 unspecified atom stereocenters. The van der Waals surface area contributed by atoms with Crippen molar-refractivity contribution in [2.75, 3.05) is 6.61 Å². The number of carbonyl (C=O) groups is 2. The minimum atomic E-state index is -0.801. The predicted octanol–water partition coefficient (Wildman–Crippen LogP) is 4.52. The minimum absolute atomic E-state index is 0.170. The van der Waals surface area contributed by atoms with Crippen LogP contribution in [0.1, 0.15) is 50.0 Å². The molecule has 2 aliphatic rings. The third-order valence-corrected chi connectivity index (χ3v) is 8.11. The Morgan fingerprint density at radius 1 is 1.23 bits per heavy atom. The van der Waals surface area contributed by atoms with Crippen LogP contribution in [0.3, 0.4) is 0 Å². The van der Waals surface area contributed by atoms with E-state index in [4.69, 9.17) is 0 Å². The molecule has 0 saturated carbocycles. The number of aromatic hydroxyl groups is 1. The van der Waals surface area contributed by atoms with Gasteiger partial charge in [0.1, 0.15) is 5.75 Å². The molecule has 2 aromatic rings. The number of allylic oxidation sites excluding steroid dienone is 2. The highest BCUT2D eigenvalue weighted by molar-refractivity contribution is 7.09. The number of aliphatic hydroxyl groups is 2. The number of carbonyl (C=O) groups excluding carboxylic acids is 2. The molecule has 0 bridgehead atoms. The fraction of sp³-hybridized carbons (Fsp3) is 0.429. The second-order valence-corrected chi connectivity index (χ2v) is 10.6. The number of hydrogen-bond acceptors (Lipinski definition) is 6. The molecule has 0 radical (unpaired) electrons. The van der Waals surface area contributed by atoms with E-state index in [0.29, 0.717) is 25.7 Å². The highest BCUT2D eigenvalue weighted by Crippen LogP contribution is 2.47. The lowest BCUT2D eigenvalue weighted by Crippen LogP contribution is -2.39. The van der Waals surface area contributed by atoms with E-state index in [1.165, 1.54) is 16.2 Å². The lowest BCUT2D eigenvalue weighted by molar-refractivity contribution is -0.140. The van der Waals surface area contributed by atoms with Gasteiger partial charge in [-0.15, -0.1) is 11.3 Å². The van der Waals surface area contributed by atoms with Crippen LogP contribution in [0.2, 0.25) is 0 Å². The Balaban J connectivity index is 1.52. The number of fused-ring (bicyclic) bond motifs is 1. The number of imide groups is 1. The van der Waals surface area contributed by atoms with Crippen LogP contribution in [0.4, 0.5) is 0 Å². The quantitative estimate of drug-likeness (QED) is 0.351. The van der Waals surface area contributed by atoms with Gasteiger partial charge in [-0.05, 0) is 67.3 Å². The summed E-state index contributed by atoms with van der Waals surface area (Å²) in [5.41, 5.74) is 3.66. The van der Waals surface area contributed by atoms with Crippen molar-refractivity contribution in [2.45, 2.75) is 52.2 Å². The van der Waals surface area contributed by atoms with Crippen molar-refractivity contribution in [1.82, 2.24) is 4.90 Å². The molecule has 186 valence electrons. The van der Waals surface area contributed by atoms with Gasteiger partial charge < -0.3 is 15.3 Å². The van der Waals surface area contributed by atoms with Crippen molar-refractivity contribution in [1.29, 1.82) is 0 Å². The second-order valence-electron chi connectivity index (χ2n) is 9.52. The number of benzene rings is 1. The summed E-state index contributed by atoms with van der Waals surface area (Å²) in [5, 5.41) is 33.2. The van der Waals surface area contributed by atoms with Crippen LogP contribution in [0.25, 0.3) is 6.08 Å². The van der Waals surface area contributed by atoms with Crippen molar-refractivity contribution >= 4 is 29.2 Å². The third kappa shape index (κ3) is 5.27. The van der Waals surface area contributed by atoms with Gasteiger partial charge in [0.15, 0.2) is 0 Å². The van der Waals surface area contributed by atoms with E-state index in [9.17, 15) is 24.9 Å². The van der Waals surface area contributed by atoms with Gasteiger partial charge in [-0.3, -0.25) is 14.5 Å². The van der Waals surface area contributed by atoms with E-state index in [0.717, 1.165) is 27.2 Å². The zero-order valence-electron chi connectivity index (χ0n) is 20.2. The maximum absolute atomic E-state index is 13.4. The first-order valence-corrected chi connectivity index (χ1v) is 13.1. The van der Waals surface area contributed by atoms with Gasteiger partial charge in [0.25, 0.3) is 0 Å². The smallest absolute Gasteiger partial charge is 0.234 e. The maximum atomic E-state index is 13.4. The van der Waals surface area contributed by atoms with Crippen molar-refractivity contribution < 1.29 is 24.9 Å². The minimum Gasteiger partial charge on any atom is -0.508 e. The fourth-order valence-corrected chi connectivity index (χ4v) is 6.26. The van der Waals surface area contributed by atoms with Gasteiger partial charge in [-0.2, -0.15) is 0 Å². The number of phenolic OH excluding ortho intramolecular Hbond substituents is 1. The molecular weight excluding hydrogens is 462 g/mol. The molecule has 1 aromatic heterocycles. The lowest BCUT2D eigenvalue weighted by Gasteiger charge is -2.36. The number of rotatable bonds is 9. The molecule has 7 heteroatoms. The molecule has 4 rings (SSSR count). The molecule has 1 aliphatic heterocycles. The van der Waals surface area contributed by atoms with Crippen molar-refractivity contribution in [2.24, 2.45) is 17.8 Å². The molecule has 35 heavy (non-hydrogen) atoms. The summed E-state index contributed by atoms with van der Waals surface area (Å²) in [6.07, 6.45) is 3.37. The number of nitrogens with zero attached hydrogens (tertiary/aromatic N) is 1. The molecule has 1 aliphatic carbocycles. The lowest BCUT2D eigenvalue weighted by atomic mass is 9.67. The molecule has 1 fully saturated rings. The summed E-state index contributed by atoms with van der Waals surface area (Å²) >= 11 is 1.51. The van der Waals surface area contributed by atoms with Crippen LogP contribution in [0.15, 0.2) is 58.5 Å². The van der Waals surface area contributed by atoms with E-state index in [1.807, 2.05) is 43.5 Å². The molecule has 3 N–H and O–H groups in total. The Labute approximate surface area is 210 Å². The van der Waals surface area contributed by atoms with Gasteiger partial charge in [0.2, 0.25) is 11.8 Å². The fourth-order valence-electron chi connectivity index (χ4n) is 5.57. The number of aliphatic hydroxyl groups excluding tert-OH is 2. The number of hydrogen-bond donors (Lipinski definition) is 3. The standard InChI is InChI=1S/C28H33NO5S/c1-3-19-14-22-26(28(34)29(27(22)33)15-21-8-5-11-35-21)23(16-30)25(19)24(32)10-9-17(2)12-18-6-4-7-20(31)13-18/h4-8,11-13,22-24,26,30-32H,3,9-10,14-16H2,1-2H3/b17-12+/t22-,23+,24-,26-/m1/s1. The predicted molar refractivity (Wildman–Crippen MR) is 136 cm³/mol. The molecule has 2 heterocycles. The van der Waals surface area contributed by atoms with Crippen LogP contribution in [0.5, 0.6) is 5.75 Å². The molecule has 0 spiro atoms. The Morgan fingerprint density at radius 2 is 2.03 bits per heavy atom.